The Bertz CT molecular complexity index is 802. The molecule has 3 rings (SSSR count). The van der Waals surface area contributed by atoms with Crippen LogP contribution in [0, 0.1) is 11.8 Å². The molecule has 1 aromatic rings. The Kier molecular flexibility index (Phi) is 6.32. The average Bonchev–Trinajstić information content (AvgIpc) is 2.68. The van der Waals surface area contributed by atoms with Gasteiger partial charge in [-0.3, -0.25) is 4.79 Å². The van der Waals surface area contributed by atoms with Crippen molar-refractivity contribution in [2.24, 2.45) is 16.9 Å². The van der Waals surface area contributed by atoms with Gasteiger partial charge in [-0.2, -0.15) is 9.41 Å². The monoisotopic (exact) mass is 391 g/mol. The van der Waals surface area contributed by atoms with Crippen LogP contribution in [-0.4, -0.2) is 37.4 Å². The number of amides is 1. The molecule has 1 saturated heterocycles. The summed E-state index contributed by atoms with van der Waals surface area (Å²) in [6.45, 7) is 5.35. The van der Waals surface area contributed by atoms with Crippen LogP contribution in [0.2, 0.25) is 0 Å². The zero-order valence-electron chi connectivity index (χ0n) is 16.1. The third-order valence-electron chi connectivity index (χ3n) is 5.62. The number of rotatable bonds is 4. The van der Waals surface area contributed by atoms with E-state index < -0.39 is 10.0 Å². The average molecular weight is 392 g/mol. The van der Waals surface area contributed by atoms with Crippen LogP contribution in [-0.2, 0) is 10.0 Å². The van der Waals surface area contributed by atoms with Gasteiger partial charge in [-0.05, 0) is 55.7 Å². The first-order valence-corrected chi connectivity index (χ1v) is 11.3. The lowest BCUT2D eigenvalue weighted by molar-refractivity contribution is 0.0954. The minimum absolute atomic E-state index is 0.170. The van der Waals surface area contributed by atoms with E-state index >= 15 is 0 Å². The van der Waals surface area contributed by atoms with Gasteiger partial charge in [-0.15, -0.1) is 0 Å². The highest BCUT2D eigenvalue weighted by molar-refractivity contribution is 7.89. The van der Waals surface area contributed by atoms with Gasteiger partial charge in [0.15, 0.2) is 0 Å². The first kappa shape index (κ1) is 20.0. The lowest BCUT2D eigenvalue weighted by atomic mass is 9.81. The van der Waals surface area contributed by atoms with Crippen molar-refractivity contribution in [2.75, 3.05) is 13.1 Å². The van der Waals surface area contributed by atoms with E-state index in [1.54, 1.807) is 18.2 Å². The van der Waals surface area contributed by atoms with Crippen LogP contribution in [0.15, 0.2) is 34.3 Å². The van der Waals surface area contributed by atoms with Gasteiger partial charge >= 0.3 is 0 Å². The molecule has 1 heterocycles. The van der Waals surface area contributed by atoms with E-state index in [0.29, 0.717) is 30.5 Å². The molecule has 6 nitrogen and oxygen atoms in total. The number of hydrogen-bond acceptors (Lipinski definition) is 4. The summed E-state index contributed by atoms with van der Waals surface area (Å²) in [7, 11) is -3.55. The molecule has 2 fully saturated rings. The third kappa shape index (κ3) is 4.58. The normalized spacial score (nSPS) is 26.1. The molecule has 7 heteroatoms. The van der Waals surface area contributed by atoms with E-state index in [9.17, 15) is 13.2 Å². The predicted octanol–water partition coefficient (Wildman–Crippen LogP) is 3.40. The molecule has 0 aromatic heterocycles. The van der Waals surface area contributed by atoms with E-state index in [1.165, 1.54) is 16.8 Å². The fourth-order valence-electron chi connectivity index (χ4n) is 3.96. The van der Waals surface area contributed by atoms with Gasteiger partial charge in [0.25, 0.3) is 5.91 Å². The van der Waals surface area contributed by atoms with Gasteiger partial charge in [0.1, 0.15) is 0 Å². The van der Waals surface area contributed by atoms with Crippen molar-refractivity contribution in [1.82, 2.24) is 9.73 Å². The van der Waals surface area contributed by atoms with Crippen molar-refractivity contribution in [2.45, 2.75) is 57.3 Å². The summed E-state index contributed by atoms with van der Waals surface area (Å²) >= 11 is 0. The molecule has 27 heavy (non-hydrogen) atoms. The second kappa shape index (κ2) is 8.52. The molecule has 148 valence electrons. The van der Waals surface area contributed by atoms with Gasteiger partial charge in [0.05, 0.1) is 4.90 Å². The Morgan fingerprint density at radius 2 is 1.74 bits per heavy atom. The van der Waals surface area contributed by atoms with Gasteiger partial charge in [0, 0.05) is 24.4 Å². The molecule has 1 aliphatic heterocycles. The van der Waals surface area contributed by atoms with Crippen LogP contribution in [0.4, 0.5) is 0 Å². The summed E-state index contributed by atoms with van der Waals surface area (Å²) in [5.74, 6) is 0.350. The molecule has 1 aliphatic carbocycles. The Morgan fingerprint density at radius 1 is 1.07 bits per heavy atom. The number of carbonyl (C=O) groups is 1. The molecule has 1 N–H and O–H groups in total. The second-order valence-electron chi connectivity index (χ2n) is 7.70. The Balaban J connectivity index is 1.75. The number of sulfonamides is 1. The number of carbonyl (C=O) groups excluding carboxylic acids is 1. The third-order valence-corrected chi connectivity index (χ3v) is 7.51. The SMILES string of the molecule is C[C@@H]1CCC[C@H](C)C1=NNC(=O)c1cccc(S(=O)(=O)N2CCCCC2)c1. The molecule has 2 atom stereocenters. The summed E-state index contributed by atoms with van der Waals surface area (Å²) in [4.78, 5) is 12.7. The first-order valence-electron chi connectivity index (χ1n) is 9.87. The smallest absolute Gasteiger partial charge is 0.267 e. The van der Waals surface area contributed by atoms with E-state index in [1.807, 2.05) is 0 Å². The largest absolute Gasteiger partial charge is 0.271 e. The van der Waals surface area contributed by atoms with Crippen LogP contribution >= 0.6 is 0 Å². The van der Waals surface area contributed by atoms with E-state index in [0.717, 1.165) is 37.8 Å². The van der Waals surface area contributed by atoms with Crippen LogP contribution in [0.3, 0.4) is 0 Å². The minimum atomic E-state index is -3.55. The summed E-state index contributed by atoms with van der Waals surface area (Å²) in [6, 6.07) is 6.24. The topological polar surface area (TPSA) is 78.8 Å². The first-order chi connectivity index (χ1) is 12.9. The Labute approximate surface area is 162 Å². The van der Waals surface area contributed by atoms with Crippen molar-refractivity contribution in [3.05, 3.63) is 29.8 Å². The standard InChI is InChI=1S/C20H29N3O3S/c1-15-8-6-9-16(2)19(15)21-22-20(24)17-10-7-11-18(14-17)27(25,26)23-12-4-3-5-13-23/h7,10-11,14-16H,3-6,8-9,12-13H2,1-2H3,(H,22,24)/t15-,16+. The van der Waals surface area contributed by atoms with Gasteiger partial charge in [-0.25, -0.2) is 13.8 Å². The molecule has 1 saturated carbocycles. The highest BCUT2D eigenvalue weighted by atomic mass is 32.2. The van der Waals surface area contributed by atoms with Crippen LogP contribution in [0.25, 0.3) is 0 Å². The fraction of sp³-hybridized carbons (Fsp3) is 0.600. The maximum Gasteiger partial charge on any atom is 0.271 e. The van der Waals surface area contributed by atoms with E-state index in [2.05, 4.69) is 24.4 Å². The number of nitrogens with zero attached hydrogens (tertiary/aromatic N) is 2. The Morgan fingerprint density at radius 3 is 2.41 bits per heavy atom. The molecule has 2 aliphatic rings. The van der Waals surface area contributed by atoms with Gasteiger partial charge in [0.2, 0.25) is 10.0 Å². The lowest BCUT2D eigenvalue weighted by Gasteiger charge is -2.26. The number of benzene rings is 1. The molecular formula is C20H29N3O3S. The van der Waals surface area contributed by atoms with E-state index in [4.69, 9.17) is 0 Å². The summed E-state index contributed by atoms with van der Waals surface area (Å²) in [5, 5.41) is 4.36. The van der Waals surface area contributed by atoms with Crippen molar-refractivity contribution >= 4 is 21.6 Å². The summed E-state index contributed by atoms with van der Waals surface area (Å²) in [5.41, 5.74) is 3.96. The van der Waals surface area contributed by atoms with Crippen molar-refractivity contribution in [3.63, 3.8) is 0 Å². The second-order valence-corrected chi connectivity index (χ2v) is 9.64. The predicted molar refractivity (Wildman–Crippen MR) is 106 cm³/mol. The quantitative estimate of drug-likeness (QED) is 0.799. The van der Waals surface area contributed by atoms with Crippen molar-refractivity contribution in [3.8, 4) is 0 Å². The van der Waals surface area contributed by atoms with Gasteiger partial charge < -0.3 is 0 Å². The highest BCUT2D eigenvalue weighted by Gasteiger charge is 2.27. The maximum atomic E-state index is 12.8. The van der Waals surface area contributed by atoms with Crippen molar-refractivity contribution < 1.29 is 13.2 Å². The maximum absolute atomic E-state index is 12.8. The molecule has 1 aromatic carbocycles. The number of hydrogen-bond donors (Lipinski definition) is 1. The van der Waals surface area contributed by atoms with Crippen LogP contribution in [0.1, 0.15) is 62.7 Å². The Hall–Kier alpha value is -1.73. The highest BCUT2D eigenvalue weighted by Crippen LogP contribution is 2.26. The van der Waals surface area contributed by atoms with Crippen LogP contribution in [0.5, 0.6) is 0 Å². The zero-order chi connectivity index (χ0) is 19.4. The van der Waals surface area contributed by atoms with E-state index in [-0.39, 0.29) is 10.8 Å². The summed E-state index contributed by atoms with van der Waals surface area (Å²) < 4.78 is 27.2. The van der Waals surface area contributed by atoms with Crippen LogP contribution < -0.4 is 5.43 Å². The molecule has 0 bridgehead atoms. The van der Waals surface area contributed by atoms with Gasteiger partial charge in [-0.1, -0.05) is 32.8 Å². The lowest BCUT2D eigenvalue weighted by Crippen LogP contribution is -2.35. The fourth-order valence-corrected chi connectivity index (χ4v) is 5.53. The number of piperidine rings is 1. The molecular weight excluding hydrogens is 362 g/mol. The number of hydrazone groups is 1. The summed E-state index contributed by atoms with van der Waals surface area (Å²) in [6.07, 6.45) is 6.18. The van der Waals surface area contributed by atoms with Crippen molar-refractivity contribution in [1.29, 1.82) is 0 Å². The molecule has 0 unspecified atom stereocenters. The molecule has 0 radical (unpaired) electrons. The minimum Gasteiger partial charge on any atom is -0.267 e. The molecule has 1 amide bonds. The number of nitrogens with one attached hydrogen (secondary N) is 1. The zero-order valence-corrected chi connectivity index (χ0v) is 17.0. The molecule has 0 spiro atoms.